The largest absolute Gasteiger partial charge is 0.306 e. The fraction of sp³-hybridized carbons (Fsp3) is 0.400. The summed E-state index contributed by atoms with van der Waals surface area (Å²) >= 11 is 3.67. The standard InChI is InChI=1S/C15H20BrN3/c1-4-17-15(12-9-18-19(5-2)10-12)13-7-6-11(3)8-14(13)16/h6-10,15,17H,4-5H2,1-3H3. The molecule has 0 aliphatic rings. The third kappa shape index (κ3) is 3.25. The zero-order valence-electron chi connectivity index (χ0n) is 11.7. The van der Waals surface area contributed by atoms with Gasteiger partial charge in [0.15, 0.2) is 0 Å². The van der Waals surface area contributed by atoms with Crippen LogP contribution in [0.5, 0.6) is 0 Å². The number of aryl methyl sites for hydroxylation is 2. The summed E-state index contributed by atoms with van der Waals surface area (Å²) in [5, 5.41) is 7.90. The fourth-order valence-corrected chi connectivity index (χ4v) is 2.90. The first kappa shape index (κ1) is 14.3. The van der Waals surface area contributed by atoms with Crippen LogP contribution >= 0.6 is 15.9 Å². The highest BCUT2D eigenvalue weighted by Crippen LogP contribution is 2.29. The molecule has 0 bridgehead atoms. The van der Waals surface area contributed by atoms with E-state index in [9.17, 15) is 0 Å². The van der Waals surface area contributed by atoms with Gasteiger partial charge in [0.2, 0.25) is 0 Å². The van der Waals surface area contributed by atoms with Gasteiger partial charge >= 0.3 is 0 Å². The summed E-state index contributed by atoms with van der Waals surface area (Å²) in [6.45, 7) is 8.14. The molecule has 1 atom stereocenters. The molecular formula is C15H20BrN3. The molecule has 4 heteroatoms. The number of hydrogen-bond donors (Lipinski definition) is 1. The van der Waals surface area contributed by atoms with Crippen molar-refractivity contribution < 1.29 is 0 Å². The van der Waals surface area contributed by atoms with Crippen LogP contribution in [-0.4, -0.2) is 16.3 Å². The maximum atomic E-state index is 4.37. The van der Waals surface area contributed by atoms with Crippen molar-refractivity contribution in [3.05, 3.63) is 51.8 Å². The number of benzene rings is 1. The summed E-state index contributed by atoms with van der Waals surface area (Å²) < 4.78 is 3.10. The van der Waals surface area contributed by atoms with E-state index in [1.807, 2.05) is 10.9 Å². The third-order valence-corrected chi connectivity index (χ3v) is 3.87. The molecular weight excluding hydrogens is 302 g/mol. The normalized spacial score (nSPS) is 12.6. The molecule has 1 heterocycles. The van der Waals surface area contributed by atoms with Crippen molar-refractivity contribution in [3.63, 3.8) is 0 Å². The average molecular weight is 322 g/mol. The smallest absolute Gasteiger partial charge is 0.0618 e. The topological polar surface area (TPSA) is 29.9 Å². The Bertz CT molecular complexity index is 548. The van der Waals surface area contributed by atoms with Gasteiger partial charge in [-0.3, -0.25) is 4.68 Å². The summed E-state index contributed by atoms with van der Waals surface area (Å²) in [7, 11) is 0. The van der Waals surface area contributed by atoms with Gasteiger partial charge in [-0.05, 0) is 37.6 Å². The first-order valence-electron chi connectivity index (χ1n) is 6.67. The average Bonchev–Trinajstić information content (AvgIpc) is 2.85. The molecule has 1 aromatic heterocycles. The molecule has 0 radical (unpaired) electrons. The Morgan fingerprint density at radius 1 is 1.37 bits per heavy atom. The van der Waals surface area contributed by atoms with E-state index < -0.39 is 0 Å². The Hall–Kier alpha value is -1.13. The lowest BCUT2D eigenvalue weighted by Crippen LogP contribution is -2.22. The molecule has 3 nitrogen and oxygen atoms in total. The number of nitrogens with zero attached hydrogens (tertiary/aromatic N) is 2. The maximum absolute atomic E-state index is 4.37. The van der Waals surface area contributed by atoms with Crippen LogP contribution in [0.2, 0.25) is 0 Å². The lowest BCUT2D eigenvalue weighted by atomic mass is 10.0. The molecule has 0 saturated heterocycles. The molecule has 0 aliphatic heterocycles. The Morgan fingerprint density at radius 2 is 2.16 bits per heavy atom. The number of nitrogens with one attached hydrogen (secondary N) is 1. The van der Waals surface area contributed by atoms with Crippen LogP contribution in [0.15, 0.2) is 35.1 Å². The van der Waals surface area contributed by atoms with Gasteiger partial charge in [0.1, 0.15) is 0 Å². The highest BCUT2D eigenvalue weighted by molar-refractivity contribution is 9.10. The van der Waals surface area contributed by atoms with Gasteiger partial charge in [0, 0.05) is 22.8 Å². The maximum Gasteiger partial charge on any atom is 0.0618 e. The van der Waals surface area contributed by atoms with E-state index in [4.69, 9.17) is 0 Å². The van der Waals surface area contributed by atoms with Crippen LogP contribution in [0.25, 0.3) is 0 Å². The number of halogens is 1. The minimum absolute atomic E-state index is 0.181. The second kappa shape index (κ2) is 6.35. The zero-order chi connectivity index (χ0) is 13.8. The van der Waals surface area contributed by atoms with Gasteiger partial charge < -0.3 is 5.32 Å². The quantitative estimate of drug-likeness (QED) is 0.910. The molecule has 102 valence electrons. The van der Waals surface area contributed by atoms with Crippen molar-refractivity contribution >= 4 is 15.9 Å². The van der Waals surface area contributed by atoms with Gasteiger partial charge in [-0.2, -0.15) is 5.10 Å². The Morgan fingerprint density at radius 3 is 2.74 bits per heavy atom. The van der Waals surface area contributed by atoms with E-state index >= 15 is 0 Å². The first-order chi connectivity index (χ1) is 9.15. The Balaban J connectivity index is 2.38. The predicted octanol–water partition coefficient (Wildman–Crippen LogP) is 3.67. The van der Waals surface area contributed by atoms with Crippen molar-refractivity contribution in [2.24, 2.45) is 0 Å². The van der Waals surface area contributed by atoms with Crippen LogP contribution in [0.4, 0.5) is 0 Å². The van der Waals surface area contributed by atoms with Crippen LogP contribution < -0.4 is 5.32 Å². The van der Waals surface area contributed by atoms with Gasteiger partial charge in [0.05, 0.1) is 12.2 Å². The van der Waals surface area contributed by atoms with E-state index in [0.717, 1.165) is 17.6 Å². The highest BCUT2D eigenvalue weighted by atomic mass is 79.9. The Kier molecular flexibility index (Phi) is 4.77. The highest BCUT2D eigenvalue weighted by Gasteiger charge is 2.17. The summed E-state index contributed by atoms with van der Waals surface area (Å²) in [6, 6.07) is 6.66. The van der Waals surface area contributed by atoms with Crippen LogP contribution in [0.3, 0.4) is 0 Å². The number of aromatic nitrogens is 2. The van der Waals surface area contributed by atoms with E-state index in [2.05, 4.69) is 71.5 Å². The van der Waals surface area contributed by atoms with Gasteiger partial charge in [0.25, 0.3) is 0 Å². The molecule has 0 fully saturated rings. The fourth-order valence-electron chi connectivity index (χ4n) is 2.18. The zero-order valence-corrected chi connectivity index (χ0v) is 13.2. The predicted molar refractivity (Wildman–Crippen MR) is 82.3 cm³/mol. The SMILES string of the molecule is CCNC(c1cnn(CC)c1)c1ccc(C)cc1Br. The summed E-state index contributed by atoms with van der Waals surface area (Å²) in [5.74, 6) is 0. The number of rotatable bonds is 5. The van der Waals surface area contributed by atoms with E-state index in [-0.39, 0.29) is 6.04 Å². The van der Waals surface area contributed by atoms with E-state index in [0.29, 0.717) is 0 Å². The van der Waals surface area contributed by atoms with E-state index in [1.54, 1.807) is 0 Å². The first-order valence-corrected chi connectivity index (χ1v) is 7.46. The molecule has 2 rings (SSSR count). The third-order valence-electron chi connectivity index (χ3n) is 3.19. The molecule has 2 aromatic rings. The van der Waals surface area contributed by atoms with Gasteiger partial charge in [-0.1, -0.05) is 35.0 Å². The lowest BCUT2D eigenvalue weighted by molar-refractivity contribution is 0.623. The van der Waals surface area contributed by atoms with E-state index in [1.165, 1.54) is 16.7 Å². The van der Waals surface area contributed by atoms with Crippen molar-refractivity contribution in [2.75, 3.05) is 6.54 Å². The van der Waals surface area contributed by atoms with Gasteiger partial charge in [-0.25, -0.2) is 0 Å². The molecule has 19 heavy (non-hydrogen) atoms. The van der Waals surface area contributed by atoms with Crippen molar-refractivity contribution in [2.45, 2.75) is 33.4 Å². The summed E-state index contributed by atoms with van der Waals surface area (Å²) in [5.41, 5.74) is 3.71. The van der Waals surface area contributed by atoms with Gasteiger partial charge in [-0.15, -0.1) is 0 Å². The van der Waals surface area contributed by atoms with Crippen molar-refractivity contribution in [1.82, 2.24) is 15.1 Å². The minimum Gasteiger partial charge on any atom is -0.306 e. The Labute approximate surface area is 123 Å². The molecule has 0 spiro atoms. The van der Waals surface area contributed by atoms with Crippen molar-refractivity contribution in [1.29, 1.82) is 0 Å². The molecule has 0 aliphatic carbocycles. The summed E-state index contributed by atoms with van der Waals surface area (Å²) in [4.78, 5) is 0. The van der Waals surface area contributed by atoms with Crippen LogP contribution in [-0.2, 0) is 6.54 Å². The molecule has 1 unspecified atom stereocenters. The van der Waals surface area contributed by atoms with Crippen LogP contribution in [0.1, 0.15) is 36.6 Å². The molecule has 0 amide bonds. The second-order valence-corrected chi connectivity index (χ2v) is 5.50. The molecule has 1 aromatic carbocycles. The van der Waals surface area contributed by atoms with Crippen LogP contribution in [0, 0.1) is 6.92 Å². The number of hydrogen-bond acceptors (Lipinski definition) is 2. The van der Waals surface area contributed by atoms with Crippen molar-refractivity contribution in [3.8, 4) is 0 Å². The minimum atomic E-state index is 0.181. The second-order valence-electron chi connectivity index (χ2n) is 4.65. The molecule has 1 N–H and O–H groups in total. The monoisotopic (exact) mass is 321 g/mol. The molecule has 0 saturated carbocycles. The summed E-state index contributed by atoms with van der Waals surface area (Å²) in [6.07, 6.45) is 4.06. The lowest BCUT2D eigenvalue weighted by Gasteiger charge is -2.18.